The van der Waals surface area contributed by atoms with E-state index in [-0.39, 0.29) is 17.9 Å². The van der Waals surface area contributed by atoms with Crippen LogP contribution in [0.2, 0.25) is 0 Å². The van der Waals surface area contributed by atoms with Crippen molar-refractivity contribution in [2.24, 2.45) is 11.8 Å². The van der Waals surface area contributed by atoms with E-state index in [0.29, 0.717) is 31.1 Å². The SMILES string of the molecule is O=C(O)C1CCCC(C(=O)N2CCCCC2c2nc(-c3ccccc3)no2)C1. The normalized spacial score (nSPS) is 25.4. The molecule has 28 heavy (non-hydrogen) atoms. The standard InChI is InChI=1S/C21H25N3O4/c25-20(15-9-6-10-16(13-15)21(26)27)24-12-5-4-11-17(24)19-22-18(23-28-19)14-7-2-1-3-8-14/h1-3,7-8,15-17H,4-6,9-13H2,(H,26,27). The van der Waals surface area contributed by atoms with Gasteiger partial charge in [-0.25, -0.2) is 0 Å². The van der Waals surface area contributed by atoms with E-state index in [9.17, 15) is 14.7 Å². The molecule has 3 atom stereocenters. The van der Waals surface area contributed by atoms with E-state index >= 15 is 0 Å². The van der Waals surface area contributed by atoms with Crippen LogP contribution in [0.5, 0.6) is 0 Å². The first kappa shape index (κ1) is 18.7. The molecule has 148 valence electrons. The van der Waals surface area contributed by atoms with Crippen molar-refractivity contribution in [3.8, 4) is 11.4 Å². The van der Waals surface area contributed by atoms with Crippen LogP contribution in [-0.4, -0.2) is 38.6 Å². The molecule has 1 aromatic carbocycles. The molecule has 1 aliphatic carbocycles. The van der Waals surface area contributed by atoms with Crippen LogP contribution in [0.3, 0.4) is 0 Å². The Balaban J connectivity index is 1.53. The minimum absolute atomic E-state index is 0.0371. The smallest absolute Gasteiger partial charge is 0.306 e. The summed E-state index contributed by atoms with van der Waals surface area (Å²) >= 11 is 0. The highest BCUT2D eigenvalue weighted by Gasteiger charge is 2.38. The average Bonchev–Trinajstić information content (AvgIpc) is 3.24. The van der Waals surface area contributed by atoms with Gasteiger partial charge in [0.15, 0.2) is 0 Å². The van der Waals surface area contributed by atoms with Crippen molar-refractivity contribution >= 4 is 11.9 Å². The molecular formula is C21H25N3O4. The molecule has 0 spiro atoms. The molecule has 7 nitrogen and oxygen atoms in total. The third kappa shape index (κ3) is 3.79. The lowest BCUT2D eigenvalue weighted by atomic mass is 9.80. The summed E-state index contributed by atoms with van der Waals surface area (Å²) in [5.41, 5.74) is 0.878. The molecule has 1 amide bonds. The number of carboxylic acid groups (broad SMARTS) is 1. The molecule has 4 rings (SSSR count). The fraction of sp³-hybridized carbons (Fsp3) is 0.524. The summed E-state index contributed by atoms with van der Waals surface area (Å²) in [5.74, 6) is -0.409. The second-order valence-electron chi connectivity index (χ2n) is 7.76. The zero-order chi connectivity index (χ0) is 19.5. The Morgan fingerprint density at radius 1 is 1.04 bits per heavy atom. The third-order valence-electron chi connectivity index (χ3n) is 5.92. The summed E-state index contributed by atoms with van der Waals surface area (Å²) < 4.78 is 5.54. The zero-order valence-electron chi connectivity index (χ0n) is 15.8. The third-order valence-corrected chi connectivity index (χ3v) is 5.92. The number of hydrogen-bond donors (Lipinski definition) is 1. The number of hydrogen-bond acceptors (Lipinski definition) is 5. The Morgan fingerprint density at radius 2 is 1.82 bits per heavy atom. The van der Waals surface area contributed by atoms with E-state index in [0.717, 1.165) is 37.7 Å². The van der Waals surface area contributed by atoms with Crippen LogP contribution in [-0.2, 0) is 9.59 Å². The summed E-state index contributed by atoms with van der Waals surface area (Å²) in [6, 6.07) is 9.39. The summed E-state index contributed by atoms with van der Waals surface area (Å²) in [7, 11) is 0. The number of piperidine rings is 1. The predicted molar refractivity (Wildman–Crippen MR) is 101 cm³/mol. The van der Waals surface area contributed by atoms with Gasteiger partial charge in [-0.3, -0.25) is 9.59 Å². The molecule has 2 heterocycles. The van der Waals surface area contributed by atoms with Crippen LogP contribution in [0, 0.1) is 11.8 Å². The first-order valence-electron chi connectivity index (χ1n) is 10.1. The molecule has 0 bridgehead atoms. The van der Waals surface area contributed by atoms with Gasteiger partial charge in [-0.05, 0) is 38.5 Å². The van der Waals surface area contributed by atoms with Crippen molar-refractivity contribution in [1.82, 2.24) is 15.0 Å². The van der Waals surface area contributed by atoms with Crippen LogP contribution in [0.25, 0.3) is 11.4 Å². The first-order chi connectivity index (χ1) is 13.6. The number of carbonyl (C=O) groups is 2. The van der Waals surface area contributed by atoms with Crippen LogP contribution in [0.4, 0.5) is 0 Å². The molecular weight excluding hydrogens is 358 g/mol. The van der Waals surface area contributed by atoms with Gasteiger partial charge in [-0.2, -0.15) is 4.98 Å². The van der Waals surface area contributed by atoms with Crippen molar-refractivity contribution in [2.45, 2.75) is 51.0 Å². The minimum atomic E-state index is -0.794. The Kier molecular flexibility index (Phi) is 5.41. The highest BCUT2D eigenvalue weighted by Crippen LogP contribution is 2.36. The summed E-state index contributed by atoms with van der Waals surface area (Å²) in [4.78, 5) is 31.0. The van der Waals surface area contributed by atoms with E-state index in [2.05, 4.69) is 10.1 Å². The Hall–Kier alpha value is -2.70. The molecule has 1 saturated carbocycles. The zero-order valence-corrected chi connectivity index (χ0v) is 15.8. The van der Waals surface area contributed by atoms with Crippen molar-refractivity contribution < 1.29 is 19.2 Å². The highest BCUT2D eigenvalue weighted by atomic mass is 16.5. The topological polar surface area (TPSA) is 96.5 Å². The van der Waals surface area contributed by atoms with Gasteiger partial charge in [-0.15, -0.1) is 0 Å². The Labute approximate surface area is 163 Å². The lowest BCUT2D eigenvalue weighted by Crippen LogP contribution is -2.43. The second kappa shape index (κ2) is 8.12. The fourth-order valence-corrected chi connectivity index (χ4v) is 4.40. The Morgan fingerprint density at radius 3 is 2.61 bits per heavy atom. The van der Waals surface area contributed by atoms with E-state index < -0.39 is 11.9 Å². The molecule has 3 unspecified atom stereocenters. The summed E-state index contributed by atoms with van der Waals surface area (Å²) in [6.07, 6.45) is 5.35. The van der Waals surface area contributed by atoms with Gasteiger partial charge < -0.3 is 14.5 Å². The van der Waals surface area contributed by atoms with Crippen LogP contribution in [0.1, 0.15) is 56.9 Å². The van der Waals surface area contributed by atoms with Gasteiger partial charge in [0.1, 0.15) is 6.04 Å². The number of carboxylic acids is 1. The van der Waals surface area contributed by atoms with Crippen molar-refractivity contribution in [2.75, 3.05) is 6.54 Å². The van der Waals surface area contributed by atoms with E-state index in [1.807, 2.05) is 35.2 Å². The van der Waals surface area contributed by atoms with Crippen molar-refractivity contribution in [3.63, 3.8) is 0 Å². The first-order valence-corrected chi connectivity index (χ1v) is 10.1. The lowest BCUT2D eigenvalue weighted by molar-refractivity contribution is -0.147. The predicted octanol–water partition coefficient (Wildman–Crippen LogP) is 3.68. The van der Waals surface area contributed by atoms with E-state index in [1.54, 1.807) is 0 Å². The number of benzene rings is 1. The summed E-state index contributed by atoms with van der Waals surface area (Å²) in [6.45, 7) is 0.654. The number of likely N-dealkylation sites (tertiary alicyclic amines) is 1. The van der Waals surface area contributed by atoms with Gasteiger partial charge in [-0.1, -0.05) is 41.9 Å². The number of rotatable bonds is 4. The summed E-state index contributed by atoms with van der Waals surface area (Å²) in [5, 5.41) is 13.4. The molecule has 2 aromatic rings. The van der Waals surface area contributed by atoms with Crippen molar-refractivity contribution in [3.05, 3.63) is 36.2 Å². The fourth-order valence-electron chi connectivity index (χ4n) is 4.40. The van der Waals surface area contributed by atoms with Crippen LogP contribution in [0.15, 0.2) is 34.9 Å². The maximum atomic E-state index is 13.2. The van der Waals surface area contributed by atoms with Gasteiger partial charge in [0.25, 0.3) is 0 Å². The van der Waals surface area contributed by atoms with Gasteiger partial charge in [0.05, 0.1) is 5.92 Å². The number of carbonyl (C=O) groups excluding carboxylic acids is 1. The average molecular weight is 383 g/mol. The second-order valence-corrected chi connectivity index (χ2v) is 7.76. The lowest BCUT2D eigenvalue weighted by Gasteiger charge is -2.37. The highest BCUT2D eigenvalue weighted by molar-refractivity contribution is 5.80. The van der Waals surface area contributed by atoms with Crippen molar-refractivity contribution in [1.29, 1.82) is 0 Å². The quantitative estimate of drug-likeness (QED) is 0.865. The molecule has 0 radical (unpaired) electrons. The maximum absolute atomic E-state index is 13.2. The molecule has 2 aliphatic rings. The van der Waals surface area contributed by atoms with Crippen LogP contribution < -0.4 is 0 Å². The molecule has 1 aliphatic heterocycles. The minimum Gasteiger partial charge on any atom is -0.481 e. The van der Waals surface area contributed by atoms with Gasteiger partial charge >= 0.3 is 5.97 Å². The number of amides is 1. The van der Waals surface area contributed by atoms with Gasteiger partial charge in [0, 0.05) is 18.0 Å². The monoisotopic (exact) mass is 383 g/mol. The number of aromatic nitrogens is 2. The number of aliphatic carboxylic acids is 1. The number of nitrogens with zero attached hydrogens (tertiary/aromatic N) is 3. The molecule has 7 heteroatoms. The maximum Gasteiger partial charge on any atom is 0.306 e. The molecule has 1 saturated heterocycles. The molecule has 2 fully saturated rings. The molecule has 1 N–H and O–H groups in total. The Bertz CT molecular complexity index is 835. The van der Waals surface area contributed by atoms with Gasteiger partial charge in [0.2, 0.25) is 17.6 Å². The van der Waals surface area contributed by atoms with E-state index in [4.69, 9.17) is 4.52 Å². The van der Waals surface area contributed by atoms with Crippen LogP contribution >= 0.6 is 0 Å². The van der Waals surface area contributed by atoms with E-state index in [1.165, 1.54) is 0 Å². The largest absolute Gasteiger partial charge is 0.481 e. The molecule has 1 aromatic heterocycles.